The molecule has 1 aliphatic heterocycles. The summed E-state index contributed by atoms with van der Waals surface area (Å²) in [6.07, 6.45) is 3.08. The van der Waals surface area contributed by atoms with Gasteiger partial charge in [-0.15, -0.1) is 0 Å². The van der Waals surface area contributed by atoms with Crippen LogP contribution in [0.5, 0.6) is 0 Å². The molecule has 14 heavy (non-hydrogen) atoms. The first kappa shape index (κ1) is 9.69. The molecular formula is C11H11ClFN. The molecule has 0 radical (unpaired) electrons. The molecule has 0 bridgehead atoms. The van der Waals surface area contributed by atoms with Crippen molar-refractivity contribution in [2.75, 3.05) is 13.1 Å². The first-order valence-corrected chi connectivity index (χ1v) is 4.99. The van der Waals surface area contributed by atoms with Crippen molar-refractivity contribution in [1.82, 2.24) is 5.32 Å². The van der Waals surface area contributed by atoms with Crippen molar-refractivity contribution in [3.05, 3.63) is 40.2 Å². The van der Waals surface area contributed by atoms with E-state index in [1.54, 1.807) is 6.07 Å². The van der Waals surface area contributed by atoms with Crippen LogP contribution in [0.2, 0.25) is 5.02 Å². The Morgan fingerprint density at radius 1 is 1.43 bits per heavy atom. The Balaban J connectivity index is 2.28. The van der Waals surface area contributed by atoms with Crippen LogP contribution >= 0.6 is 11.6 Å². The zero-order valence-electron chi connectivity index (χ0n) is 7.69. The highest BCUT2D eigenvalue weighted by molar-refractivity contribution is 6.32. The summed E-state index contributed by atoms with van der Waals surface area (Å²) in [6.45, 7) is 1.93. The van der Waals surface area contributed by atoms with E-state index in [0.29, 0.717) is 5.02 Å². The molecule has 0 aliphatic carbocycles. The number of hydrogen-bond acceptors (Lipinski definition) is 1. The summed E-state index contributed by atoms with van der Waals surface area (Å²) in [5.74, 6) is -0.290. The fourth-order valence-electron chi connectivity index (χ4n) is 1.55. The van der Waals surface area contributed by atoms with Gasteiger partial charge in [0, 0.05) is 6.54 Å². The minimum Gasteiger partial charge on any atom is -0.313 e. The van der Waals surface area contributed by atoms with Gasteiger partial charge in [-0.3, -0.25) is 0 Å². The van der Waals surface area contributed by atoms with Gasteiger partial charge < -0.3 is 5.32 Å². The maximum Gasteiger partial charge on any atom is 0.124 e. The molecule has 1 aromatic carbocycles. The van der Waals surface area contributed by atoms with E-state index < -0.39 is 0 Å². The molecule has 74 valence electrons. The van der Waals surface area contributed by atoms with Crippen LogP contribution in [0.4, 0.5) is 4.39 Å². The van der Waals surface area contributed by atoms with Crippen LogP contribution in [0.25, 0.3) is 6.08 Å². The summed E-state index contributed by atoms with van der Waals surface area (Å²) in [5, 5.41) is 3.71. The van der Waals surface area contributed by atoms with Crippen LogP contribution < -0.4 is 5.32 Å². The molecule has 1 fully saturated rings. The van der Waals surface area contributed by atoms with Crippen molar-refractivity contribution in [2.24, 2.45) is 0 Å². The summed E-state index contributed by atoms with van der Waals surface area (Å²) >= 11 is 5.90. The average Bonchev–Trinajstić information content (AvgIpc) is 2.62. The Bertz CT molecular complexity index is 366. The summed E-state index contributed by atoms with van der Waals surface area (Å²) in [7, 11) is 0. The topological polar surface area (TPSA) is 12.0 Å². The van der Waals surface area contributed by atoms with E-state index in [0.717, 1.165) is 25.1 Å². The van der Waals surface area contributed by atoms with Gasteiger partial charge >= 0.3 is 0 Å². The summed E-state index contributed by atoms with van der Waals surface area (Å²) in [4.78, 5) is 0. The Labute approximate surface area is 87.6 Å². The molecule has 1 saturated heterocycles. The van der Waals surface area contributed by atoms with Gasteiger partial charge in [0.25, 0.3) is 0 Å². The van der Waals surface area contributed by atoms with Crippen molar-refractivity contribution in [1.29, 1.82) is 0 Å². The van der Waals surface area contributed by atoms with Gasteiger partial charge in [-0.2, -0.15) is 0 Å². The Morgan fingerprint density at radius 3 is 2.93 bits per heavy atom. The second kappa shape index (κ2) is 4.11. The van der Waals surface area contributed by atoms with Crippen LogP contribution in [0, 0.1) is 5.82 Å². The monoisotopic (exact) mass is 211 g/mol. The molecule has 0 amide bonds. The normalized spacial score (nSPS) is 19.1. The van der Waals surface area contributed by atoms with Gasteiger partial charge in [-0.05, 0) is 30.7 Å². The minimum atomic E-state index is -0.290. The molecule has 1 aliphatic rings. The molecule has 1 nitrogen and oxygen atoms in total. The Morgan fingerprint density at radius 2 is 2.29 bits per heavy atom. The first-order valence-electron chi connectivity index (χ1n) is 4.61. The average molecular weight is 212 g/mol. The lowest BCUT2D eigenvalue weighted by atomic mass is 10.1. The Hall–Kier alpha value is -0.860. The quantitative estimate of drug-likeness (QED) is 0.753. The van der Waals surface area contributed by atoms with Gasteiger partial charge in [0.15, 0.2) is 0 Å². The maximum absolute atomic E-state index is 12.7. The summed E-state index contributed by atoms with van der Waals surface area (Å²) in [6, 6.07) is 4.49. The van der Waals surface area contributed by atoms with E-state index in [-0.39, 0.29) is 5.82 Å². The van der Waals surface area contributed by atoms with Gasteiger partial charge in [-0.25, -0.2) is 4.39 Å². The lowest BCUT2D eigenvalue weighted by molar-refractivity contribution is 0.628. The van der Waals surface area contributed by atoms with Gasteiger partial charge in [0.2, 0.25) is 0 Å². The van der Waals surface area contributed by atoms with E-state index in [1.165, 1.54) is 17.7 Å². The number of nitrogens with one attached hydrogen (secondary N) is 1. The number of rotatable bonds is 1. The van der Waals surface area contributed by atoms with E-state index in [2.05, 4.69) is 5.32 Å². The van der Waals surface area contributed by atoms with Crippen LogP contribution in [-0.2, 0) is 0 Å². The first-order chi connectivity index (χ1) is 6.75. The number of halogens is 2. The standard InChI is InChI=1S/C11H11ClFN/c12-11-6-10(13)2-1-9(11)5-8-3-4-14-7-8/h1-2,5-6,14H,3-4,7H2/b8-5-. The van der Waals surface area contributed by atoms with Gasteiger partial charge in [0.05, 0.1) is 5.02 Å². The van der Waals surface area contributed by atoms with E-state index in [9.17, 15) is 4.39 Å². The zero-order valence-corrected chi connectivity index (χ0v) is 8.44. The molecule has 2 rings (SSSR count). The SMILES string of the molecule is Fc1ccc(/C=C2/CCNC2)c(Cl)c1. The summed E-state index contributed by atoms with van der Waals surface area (Å²) in [5.41, 5.74) is 2.21. The van der Waals surface area contributed by atoms with Crippen molar-refractivity contribution in [3.63, 3.8) is 0 Å². The van der Waals surface area contributed by atoms with Crippen LogP contribution in [0.15, 0.2) is 23.8 Å². The fraction of sp³-hybridized carbons (Fsp3) is 0.273. The van der Waals surface area contributed by atoms with Crippen molar-refractivity contribution in [3.8, 4) is 0 Å². The van der Waals surface area contributed by atoms with Crippen molar-refractivity contribution in [2.45, 2.75) is 6.42 Å². The lowest BCUT2D eigenvalue weighted by Crippen LogP contribution is -2.04. The number of benzene rings is 1. The van der Waals surface area contributed by atoms with E-state index >= 15 is 0 Å². The van der Waals surface area contributed by atoms with Gasteiger partial charge in [-0.1, -0.05) is 29.3 Å². The second-order valence-electron chi connectivity index (χ2n) is 3.40. The minimum absolute atomic E-state index is 0.290. The predicted octanol–water partition coefficient (Wildman–Crippen LogP) is 2.86. The second-order valence-corrected chi connectivity index (χ2v) is 3.80. The molecule has 3 heteroatoms. The van der Waals surface area contributed by atoms with Crippen LogP contribution in [0.1, 0.15) is 12.0 Å². The molecule has 0 spiro atoms. The number of hydrogen-bond donors (Lipinski definition) is 1. The smallest absolute Gasteiger partial charge is 0.124 e. The van der Waals surface area contributed by atoms with Crippen molar-refractivity contribution < 1.29 is 4.39 Å². The zero-order chi connectivity index (χ0) is 9.97. The molecule has 0 aromatic heterocycles. The third kappa shape index (κ3) is 2.14. The maximum atomic E-state index is 12.7. The molecule has 0 atom stereocenters. The molecule has 0 unspecified atom stereocenters. The Kier molecular flexibility index (Phi) is 2.85. The van der Waals surface area contributed by atoms with E-state index in [4.69, 9.17) is 11.6 Å². The van der Waals surface area contributed by atoms with Crippen LogP contribution in [0.3, 0.4) is 0 Å². The summed E-state index contributed by atoms with van der Waals surface area (Å²) < 4.78 is 12.7. The predicted molar refractivity (Wildman–Crippen MR) is 56.9 cm³/mol. The van der Waals surface area contributed by atoms with Crippen molar-refractivity contribution >= 4 is 17.7 Å². The molecule has 1 heterocycles. The highest BCUT2D eigenvalue weighted by atomic mass is 35.5. The third-order valence-electron chi connectivity index (χ3n) is 2.30. The molecule has 1 N–H and O–H groups in total. The van der Waals surface area contributed by atoms with E-state index in [1.807, 2.05) is 6.08 Å². The highest BCUT2D eigenvalue weighted by Crippen LogP contribution is 2.21. The fourth-order valence-corrected chi connectivity index (χ4v) is 1.77. The highest BCUT2D eigenvalue weighted by Gasteiger charge is 2.06. The largest absolute Gasteiger partial charge is 0.313 e. The third-order valence-corrected chi connectivity index (χ3v) is 2.62. The molecule has 0 saturated carbocycles. The molecular weight excluding hydrogens is 201 g/mol. The van der Waals surface area contributed by atoms with Gasteiger partial charge in [0.1, 0.15) is 5.82 Å². The molecule has 1 aromatic rings. The lowest BCUT2D eigenvalue weighted by Gasteiger charge is -2.00. The van der Waals surface area contributed by atoms with Crippen LogP contribution in [-0.4, -0.2) is 13.1 Å².